The van der Waals surface area contributed by atoms with Gasteiger partial charge in [-0.2, -0.15) is 17.9 Å². The van der Waals surface area contributed by atoms with Gasteiger partial charge in [0.2, 0.25) is 10.0 Å². The van der Waals surface area contributed by atoms with E-state index in [2.05, 4.69) is 10.0 Å². The molecule has 11 nitrogen and oxygen atoms in total. The Morgan fingerprint density at radius 1 is 1.26 bits per heavy atom. The Morgan fingerprint density at radius 3 is 2.59 bits per heavy atom. The number of sulfonamides is 1. The molecule has 17 heteroatoms. The number of carbonyl (C=O) groups excluding carboxylic acids is 3. The highest BCUT2D eigenvalue weighted by Gasteiger charge is 2.49. The van der Waals surface area contributed by atoms with Crippen molar-refractivity contribution in [1.29, 1.82) is 0 Å². The minimum atomic E-state index is -4.76. The molecule has 1 unspecified atom stereocenters. The number of benzene rings is 1. The van der Waals surface area contributed by atoms with Gasteiger partial charge in [0.05, 0.1) is 10.6 Å². The summed E-state index contributed by atoms with van der Waals surface area (Å²) in [6, 6.07) is 1.19. The number of hydrogen-bond donors (Lipinski definition) is 3. The second kappa shape index (κ2) is 9.98. The van der Waals surface area contributed by atoms with Crippen LogP contribution in [-0.2, 0) is 26.7 Å². The minimum absolute atomic E-state index is 0.0217. The summed E-state index contributed by atoms with van der Waals surface area (Å²) in [5.74, 6) is -4.52. The molecular formula is C22H22ClF4N5O6S. The van der Waals surface area contributed by atoms with Crippen LogP contribution in [0.3, 0.4) is 0 Å². The second-order valence-electron chi connectivity index (χ2n) is 9.25. The lowest BCUT2D eigenvalue weighted by molar-refractivity contribution is -0.162. The van der Waals surface area contributed by atoms with Crippen molar-refractivity contribution in [3.8, 4) is 5.75 Å². The molecule has 4 rings (SSSR count). The number of ether oxygens (including phenoxy) is 1. The number of aromatic nitrogens is 1. The predicted molar refractivity (Wildman–Crippen MR) is 128 cm³/mol. The van der Waals surface area contributed by atoms with Crippen LogP contribution < -0.4 is 20.1 Å². The number of halogens is 5. The second-order valence-corrected chi connectivity index (χ2v) is 11.3. The third-order valence-corrected chi connectivity index (χ3v) is 8.16. The Bertz CT molecular complexity index is 1460. The molecular weight excluding hydrogens is 574 g/mol. The topological polar surface area (TPSA) is 139 Å². The summed E-state index contributed by atoms with van der Waals surface area (Å²) in [5.41, 5.74) is -1.47. The number of carbonyl (C=O) groups is 3. The van der Waals surface area contributed by atoms with E-state index in [1.54, 1.807) is 5.32 Å². The van der Waals surface area contributed by atoms with Gasteiger partial charge in [0.15, 0.2) is 11.4 Å². The highest BCUT2D eigenvalue weighted by atomic mass is 35.5. The number of nitrogens with one attached hydrogen (secondary N) is 3. The maximum absolute atomic E-state index is 13.5. The molecule has 1 aromatic carbocycles. The Labute approximate surface area is 224 Å². The number of rotatable bonds is 3. The molecule has 1 saturated heterocycles. The van der Waals surface area contributed by atoms with Crippen LogP contribution in [0.1, 0.15) is 23.8 Å². The summed E-state index contributed by atoms with van der Waals surface area (Å²) < 4.78 is 87.7. The number of aryl methyl sites for hydroxylation is 1. The van der Waals surface area contributed by atoms with Crippen molar-refractivity contribution in [2.24, 2.45) is 7.05 Å². The molecule has 1 spiro atoms. The number of amides is 3. The maximum Gasteiger partial charge on any atom is 0.408 e. The number of likely N-dealkylation sites (tertiary alicyclic amines) is 1. The zero-order chi connectivity index (χ0) is 28.9. The lowest BCUT2D eigenvalue weighted by Crippen LogP contribution is -2.55. The SMILES string of the molecule is CC(NC(=O)C(=O)N1CC[C@]2(COc3c(cn(C)c3C(=O)Nc3ccc(F)c(Cl)c3)S(=O)(=O)N2)C1)C(F)(F)F. The fraction of sp³-hybridized carbons (Fsp3) is 0.409. The van der Waals surface area contributed by atoms with Gasteiger partial charge in [-0.1, -0.05) is 11.6 Å². The quantitative estimate of drug-likeness (QED) is 0.365. The molecule has 39 heavy (non-hydrogen) atoms. The van der Waals surface area contributed by atoms with Crippen molar-refractivity contribution >= 4 is 45.0 Å². The molecule has 212 valence electrons. The predicted octanol–water partition coefficient (Wildman–Crippen LogP) is 1.78. The lowest BCUT2D eigenvalue weighted by atomic mass is 10.0. The zero-order valence-corrected chi connectivity index (χ0v) is 21.9. The monoisotopic (exact) mass is 595 g/mol. The van der Waals surface area contributed by atoms with E-state index in [4.69, 9.17) is 16.3 Å². The van der Waals surface area contributed by atoms with Crippen LogP contribution in [-0.4, -0.2) is 73.1 Å². The van der Waals surface area contributed by atoms with E-state index >= 15 is 0 Å². The number of nitrogens with zero attached hydrogens (tertiary/aromatic N) is 2. The van der Waals surface area contributed by atoms with Gasteiger partial charge >= 0.3 is 18.0 Å². The van der Waals surface area contributed by atoms with Crippen molar-refractivity contribution in [2.45, 2.75) is 36.0 Å². The normalized spacial score (nSPS) is 21.1. The van der Waals surface area contributed by atoms with Gasteiger partial charge in [0.1, 0.15) is 23.4 Å². The first-order valence-corrected chi connectivity index (χ1v) is 13.2. The molecule has 2 aliphatic heterocycles. The van der Waals surface area contributed by atoms with Gasteiger partial charge in [0, 0.05) is 32.0 Å². The Kier molecular flexibility index (Phi) is 7.33. The highest BCUT2D eigenvalue weighted by Crippen LogP contribution is 2.37. The number of hydrogen-bond acceptors (Lipinski definition) is 6. The van der Waals surface area contributed by atoms with Gasteiger partial charge in [0.25, 0.3) is 5.91 Å². The number of fused-ring (bicyclic) bond motifs is 1. The van der Waals surface area contributed by atoms with Crippen molar-refractivity contribution < 1.29 is 45.1 Å². The van der Waals surface area contributed by atoms with Crippen molar-refractivity contribution in [3.05, 3.63) is 40.9 Å². The molecule has 3 amide bonds. The summed E-state index contributed by atoms with van der Waals surface area (Å²) in [7, 11) is -2.92. The van der Waals surface area contributed by atoms with Crippen LogP contribution in [0.15, 0.2) is 29.3 Å². The van der Waals surface area contributed by atoms with Crippen molar-refractivity contribution in [1.82, 2.24) is 19.5 Å². The first-order chi connectivity index (χ1) is 18.0. The zero-order valence-electron chi connectivity index (χ0n) is 20.4. The van der Waals surface area contributed by atoms with Crippen LogP contribution in [0.25, 0.3) is 0 Å². The minimum Gasteiger partial charge on any atom is -0.488 e. The summed E-state index contributed by atoms with van der Waals surface area (Å²) in [5, 5.41) is 3.82. The van der Waals surface area contributed by atoms with E-state index in [1.165, 1.54) is 23.7 Å². The average molecular weight is 596 g/mol. The number of alkyl halides is 3. The van der Waals surface area contributed by atoms with E-state index < -0.39 is 51.3 Å². The molecule has 3 heterocycles. The standard InChI is InChI=1S/C22H22ClF4N5O6S/c1-11(22(25,26)27)28-19(34)20(35)32-6-5-21(9-32)10-38-17-15(39(36,37)30-21)8-31(2)16(17)18(33)29-12-3-4-14(24)13(23)7-12/h3-4,7-8,11,30H,5-6,9-10H2,1-2H3,(H,28,34)(H,29,33)/t11?,21-/m1/s1. The first-order valence-electron chi connectivity index (χ1n) is 11.3. The first kappa shape index (κ1) is 28.6. The third kappa shape index (κ3) is 5.67. The molecule has 2 aliphatic rings. The molecule has 1 aromatic heterocycles. The molecule has 0 radical (unpaired) electrons. The van der Waals surface area contributed by atoms with Crippen LogP contribution in [0.4, 0.5) is 23.2 Å². The third-order valence-electron chi connectivity index (χ3n) is 6.30. The molecule has 2 aromatic rings. The fourth-order valence-electron chi connectivity index (χ4n) is 4.24. The summed E-state index contributed by atoms with van der Waals surface area (Å²) >= 11 is 5.75. The summed E-state index contributed by atoms with van der Waals surface area (Å²) in [6.45, 7) is -0.199. The van der Waals surface area contributed by atoms with Gasteiger partial charge in [-0.05, 0) is 31.5 Å². The fourth-order valence-corrected chi connectivity index (χ4v) is 6.03. The molecule has 1 fully saturated rings. The van der Waals surface area contributed by atoms with Crippen LogP contribution in [0.2, 0.25) is 5.02 Å². The van der Waals surface area contributed by atoms with E-state index in [-0.39, 0.29) is 53.2 Å². The maximum atomic E-state index is 13.5. The van der Waals surface area contributed by atoms with Crippen LogP contribution >= 0.6 is 11.6 Å². The smallest absolute Gasteiger partial charge is 0.408 e. The van der Waals surface area contributed by atoms with Gasteiger partial charge < -0.3 is 24.8 Å². The lowest BCUT2D eigenvalue weighted by Gasteiger charge is -2.27. The van der Waals surface area contributed by atoms with Crippen LogP contribution in [0.5, 0.6) is 5.75 Å². The summed E-state index contributed by atoms with van der Waals surface area (Å²) in [6.07, 6.45) is -3.63. The van der Waals surface area contributed by atoms with Gasteiger partial charge in [-0.3, -0.25) is 14.4 Å². The Balaban J connectivity index is 1.54. The molecule has 3 N–H and O–H groups in total. The largest absolute Gasteiger partial charge is 0.488 e. The van der Waals surface area contributed by atoms with Crippen molar-refractivity contribution in [3.63, 3.8) is 0 Å². The average Bonchev–Trinajstić information content (AvgIpc) is 3.37. The van der Waals surface area contributed by atoms with Crippen LogP contribution in [0, 0.1) is 5.82 Å². The highest BCUT2D eigenvalue weighted by molar-refractivity contribution is 7.89. The van der Waals surface area contributed by atoms with E-state index in [0.29, 0.717) is 6.92 Å². The van der Waals surface area contributed by atoms with E-state index in [9.17, 15) is 40.4 Å². The molecule has 2 atom stereocenters. The Hall–Kier alpha value is -3.37. The number of anilines is 1. The molecule has 0 saturated carbocycles. The van der Waals surface area contributed by atoms with Gasteiger partial charge in [-0.25, -0.2) is 12.8 Å². The molecule has 0 aliphatic carbocycles. The van der Waals surface area contributed by atoms with E-state index in [0.717, 1.165) is 17.2 Å². The summed E-state index contributed by atoms with van der Waals surface area (Å²) in [4.78, 5) is 38.2. The van der Waals surface area contributed by atoms with Crippen molar-refractivity contribution in [2.75, 3.05) is 25.0 Å². The van der Waals surface area contributed by atoms with Gasteiger partial charge in [-0.15, -0.1) is 0 Å². The molecule has 0 bridgehead atoms. The van der Waals surface area contributed by atoms with E-state index in [1.807, 2.05) is 0 Å². The Morgan fingerprint density at radius 2 is 1.95 bits per heavy atom.